The lowest BCUT2D eigenvalue weighted by atomic mass is 9.67. The van der Waals surface area contributed by atoms with Crippen LogP contribution in [0.15, 0.2) is 42.5 Å². The quantitative estimate of drug-likeness (QED) is 0.699. The van der Waals surface area contributed by atoms with Crippen LogP contribution in [-0.4, -0.2) is 31.4 Å². The van der Waals surface area contributed by atoms with Gasteiger partial charge in [-0.15, -0.1) is 0 Å². The molecule has 3 rings (SSSR count). The Morgan fingerprint density at radius 1 is 1.27 bits per heavy atom. The van der Waals surface area contributed by atoms with Crippen molar-refractivity contribution >= 4 is 11.6 Å². The van der Waals surface area contributed by atoms with Crippen LogP contribution in [0.2, 0.25) is 0 Å². The second kappa shape index (κ2) is 8.74. The fourth-order valence-electron chi connectivity index (χ4n) is 3.87. The van der Waals surface area contributed by atoms with Crippen molar-refractivity contribution in [3.8, 4) is 0 Å². The van der Waals surface area contributed by atoms with E-state index in [-0.39, 0.29) is 22.9 Å². The third-order valence-electron chi connectivity index (χ3n) is 5.50. The van der Waals surface area contributed by atoms with Gasteiger partial charge in [0.25, 0.3) is 0 Å². The normalized spacial score (nSPS) is 23.1. The van der Waals surface area contributed by atoms with Crippen molar-refractivity contribution in [2.24, 2.45) is 17.3 Å². The van der Waals surface area contributed by atoms with Crippen LogP contribution in [0.4, 0.5) is 0 Å². The van der Waals surface area contributed by atoms with Gasteiger partial charge < -0.3 is 9.47 Å². The Morgan fingerprint density at radius 3 is 2.73 bits per heavy atom. The summed E-state index contributed by atoms with van der Waals surface area (Å²) in [7, 11) is 0. The Kier molecular flexibility index (Phi) is 6.38. The highest BCUT2D eigenvalue weighted by atomic mass is 16.5. The van der Waals surface area contributed by atoms with Gasteiger partial charge in [-0.05, 0) is 42.2 Å². The number of allylic oxidation sites excluding steroid dienone is 2. The number of benzene rings is 1. The number of ether oxygens (including phenoxy) is 2. The average Bonchev–Trinajstić information content (AvgIpc) is 2.65. The van der Waals surface area contributed by atoms with Gasteiger partial charge in [-0.1, -0.05) is 43.3 Å². The Hall–Kier alpha value is -1.78. The zero-order chi connectivity index (χ0) is 18.4. The standard InChI is InChI=1S/C22H28O4/c1-17(15-26-16-18-5-3-2-4-6-18)13-21(24)19-14-22(8-7-20(19)23)9-11-25-12-10-22/h2-8,17,19H,9-16H2,1H3/t17-,19?/m1/s1. The smallest absolute Gasteiger partial charge is 0.165 e. The van der Waals surface area contributed by atoms with E-state index in [1.165, 1.54) is 0 Å². The van der Waals surface area contributed by atoms with Crippen molar-refractivity contribution in [2.45, 2.75) is 39.2 Å². The van der Waals surface area contributed by atoms with Crippen LogP contribution >= 0.6 is 0 Å². The maximum atomic E-state index is 12.7. The Balaban J connectivity index is 1.48. The molecular formula is C22H28O4. The maximum absolute atomic E-state index is 12.7. The van der Waals surface area contributed by atoms with Crippen molar-refractivity contribution in [1.29, 1.82) is 0 Å². The van der Waals surface area contributed by atoms with Crippen LogP contribution in [0.3, 0.4) is 0 Å². The topological polar surface area (TPSA) is 52.6 Å². The molecule has 1 aliphatic carbocycles. The third kappa shape index (κ3) is 4.89. The second-order valence-corrected chi connectivity index (χ2v) is 7.74. The fraction of sp³-hybridized carbons (Fsp3) is 0.545. The van der Waals surface area contributed by atoms with Gasteiger partial charge in [-0.3, -0.25) is 9.59 Å². The van der Waals surface area contributed by atoms with Crippen LogP contribution in [0.1, 0.15) is 38.2 Å². The minimum atomic E-state index is -0.491. The lowest BCUT2D eigenvalue weighted by molar-refractivity contribution is -0.133. The van der Waals surface area contributed by atoms with Gasteiger partial charge in [-0.25, -0.2) is 0 Å². The number of hydrogen-bond acceptors (Lipinski definition) is 4. The van der Waals surface area contributed by atoms with Crippen molar-refractivity contribution < 1.29 is 19.1 Å². The van der Waals surface area contributed by atoms with E-state index in [1.807, 2.05) is 43.3 Å². The van der Waals surface area contributed by atoms with Crippen LogP contribution < -0.4 is 0 Å². The fourth-order valence-corrected chi connectivity index (χ4v) is 3.87. The van der Waals surface area contributed by atoms with E-state index >= 15 is 0 Å². The molecule has 26 heavy (non-hydrogen) atoms. The molecule has 4 nitrogen and oxygen atoms in total. The van der Waals surface area contributed by atoms with E-state index < -0.39 is 5.92 Å². The van der Waals surface area contributed by atoms with Gasteiger partial charge in [0.05, 0.1) is 12.5 Å². The van der Waals surface area contributed by atoms with Crippen LogP contribution in [0, 0.1) is 17.3 Å². The third-order valence-corrected chi connectivity index (χ3v) is 5.50. The van der Waals surface area contributed by atoms with E-state index in [9.17, 15) is 9.59 Å². The molecule has 0 aromatic heterocycles. The number of carbonyl (C=O) groups excluding carboxylic acids is 2. The predicted octanol–water partition coefficient (Wildman–Crippen LogP) is 3.74. The first-order valence-electron chi connectivity index (χ1n) is 9.53. The summed E-state index contributed by atoms with van der Waals surface area (Å²) in [6.45, 7) is 4.51. The number of carbonyl (C=O) groups is 2. The molecular weight excluding hydrogens is 328 g/mol. The lowest BCUT2D eigenvalue weighted by Gasteiger charge is -2.39. The highest BCUT2D eigenvalue weighted by molar-refractivity contribution is 6.08. The predicted molar refractivity (Wildman–Crippen MR) is 99.6 cm³/mol. The van der Waals surface area contributed by atoms with Gasteiger partial charge in [0.2, 0.25) is 0 Å². The summed E-state index contributed by atoms with van der Waals surface area (Å²) in [5.74, 6) is -0.365. The zero-order valence-corrected chi connectivity index (χ0v) is 15.5. The van der Waals surface area contributed by atoms with Gasteiger partial charge >= 0.3 is 0 Å². The van der Waals surface area contributed by atoms with Gasteiger partial charge in [0, 0.05) is 26.2 Å². The molecule has 4 heteroatoms. The number of hydrogen-bond donors (Lipinski definition) is 0. The molecule has 0 saturated carbocycles. The van der Waals surface area contributed by atoms with E-state index in [0.717, 1.165) is 18.4 Å². The number of Topliss-reactive ketones (excluding diaryl/α,β-unsaturated/α-hetero) is 1. The van der Waals surface area contributed by atoms with Gasteiger partial charge in [0.15, 0.2) is 5.78 Å². The molecule has 1 heterocycles. The largest absolute Gasteiger partial charge is 0.381 e. The highest BCUT2D eigenvalue weighted by Gasteiger charge is 2.40. The average molecular weight is 356 g/mol. The summed E-state index contributed by atoms with van der Waals surface area (Å²) in [5, 5.41) is 0. The van der Waals surface area contributed by atoms with Gasteiger partial charge in [-0.2, -0.15) is 0 Å². The zero-order valence-electron chi connectivity index (χ0n) is 15.5. The Labute approximate surface area is 155 Å². The Morgan fingerprint density at radius 2 is 2.00 bits per heavy atom. The molecule has 140 valence electrons. The van der Waals surface area contributed by atoms with Gasteiger partial charge in [0.1, 0.15) is 5.78 Å². The first-order chi connectivity index (χ1) is 12.6. The lowest BCUT2D eigenvalue weighted by Crippen LogP contribution is -2.38. The molecule has 1 saturated heterocycles. The summed E-state index contributed by atoms with van der Waals surface area (Å²) in [5.41, 5.74) is 1.10. The minimum absolute atomic E-state index is 0.0282. The molecule has 2 atom stereocenters. The first kappa shape index (κ1) is 19.0. The molecule has 0 N–H and O–H groups in total. The van der Waals surface area contributed by atoms with Crippen molar-refractivity contribution in [3.05, 3.63) is 48.0 Å². The van der Waals surface area contributed by atoms with Crippen molar-refractivity contribution in [1.82, 2.24) is 0 Å². The van der Waals surface area contributed by atoms with Crippen LogP contribution in [-0.2, 0) is 25.7 Å². The Bertz CT molecular complexity index is 643. The molecule has 1 aliphatic heterocycles. The number of rotatable bonds is 7. The molecule has 0 bridgehead atoms. The van der Waals surface area contributed by atoms with Crippen LogP contribution in [0.5, 0.6) is 0 Å². The monoisotopic (exact) mass is 356 g/mol. The van der Waals surface area contributed by atoms with Crippen LogP contribution in [0.25, 0.3) is 0 Å². The van der Waals surface area contributed by atoms with Crippen molar-refractivity contribution in [2.75, 3.05) is 19.8 Å². The molecule has 1 aromatic rings. The summed E-state index contributed by atoms with van der Waals surface area (Å²) < 4.78 is 11.2. The summed E-state index contributed by atoms with van der Waals surface area (Å²) in [6, 6.07) is 10.00. The van der Waals surface area contributed by atoms with E-state index in [0.29, 0.717) is 39.3 Å². The molecule has 1 spiro atoms. The SMILES string of the molecule is C[C@@H](COCc1ccccc1)CC(=O)C1CC2(C=CC1=O)CCOCC2. The summed E-state index contributed by atoms with van der Waals surface area (Å²) >= 11 is 0. The molecule has 2 aliphatic rings. The highest BCUT2D eigenvalue weighted by Crippen LogP contribution is 2.42. The first-order valence-corrected chi connectivity index (χ1v) is 9.53. The minimum Gasteiger partial charge on any atom is -0.381 e. The summed E-state index contributed by atoms with van der Waals surface area (Å²) in [6.07, 6.45) is 6.49. The summed E-state index contributed by atoms with van der Waals surface area (Å²) in [4.78, 5) is 25.0. The molecule has 1 fully saturated rings. The van der Waals surface area contributed by atoms with E-state index in [4.69, 9.17) is 9.47 Å². The molecule has 1 aromatic carbocycles. The second-order valence-electron chi connectivity index (χ2n) is 7.74. The molecule has 1 unspecified atom stereocenters. The van der Waals surface area contributed by atoms with E-state index in [2.05, 4.69) is 0 Å². The maximum Gasteiger partial charge on any atom is 0.165 e. The number of ketones is 2. The molecule has 0 radical (unpaired) electrons. The van der Waals surface area contributed by atoms with E-state index in [1.54, 1.807) is 6.08 Å². The van der Waals surface area contributed by atoms with Crippen molar-refractivity contribution in [3.63, 3.8) is 0 Å². The molecule has 0 amide bonds.